The van der Waals surface area contributed by atoms with Crippen molar-refractivity contribution in [1.29, 1.82) is 0 Å². The third-order valence-electron chi connectivity index (χ3n) is 4.64. The summed E-state index contributed by atoms with van der Waals surface area (Å²) in [6, 6.07) is 32.4. The lowest BCUT2D eigenvalue weighted by molar-refractivity contribution is 1.22. The van der Waals surface area contributed by atoms with Crippen LogP contribution in [-0.2, 0) is 0 Å². The largest absolute Gasteiger partial charge is 0.211 e. The molecule has 6 heteroatoms. The average molecular weight is 418 g/mol. The molecule has 0 spiro atoms. The monoisotopic (exact) mass is 417 g/mol. The van der Waals surface area contributed by atoms with Gasteiger partial charge in [0.1, 0.15) is 0 Å². The molecule has 0 aromatic heterocycles. The SMILES string of the molecule is CS1(c2ccccc2)NS(C)(c2ccccc2)NS(C)(c2ccccc2)N1. The highest BCUT2D eigenvalue weighted by Crippen LogP contribution is 2.71. The number of benzene rings is 3. The highest BCUT2D eigenvalue weighted by molar-refractivity contribution is 8.57. The van der Waals surface area contributed by atoms with Gasteiger partial charge in [-0.25, -0.2) is 12.4 Å². The molecule has 3 aromatic rings. The fraction of sp³-hybridized carbons (Fsp3) is 0.143. The summed E-state index contributed by atoms with van der Waals surface area (Å²) in [6.07, 6.45) is 7.02. The molecule has 1 fully saturated rings. The van der Waals surface area contributed by atoms with Crippen molar-refractivity contribution in [2.45, 2.75) is 14.7 Å². The van der Waals surface area contributed by atoms with Gasteiger partial charge in [0.25, 0.3) is 0 Å². The van der Waals surface area contributed by atoms with Crippen LogP contribution >= 0.6 is 31.2 Å². The topological polar surface area (TPSA) is 36.1 Å². The van der Waals surface area contributed by atoms with Gasteiger partial charge in [0, 0.05) is 14.7 Å². The van der Waals surface area contributed by atoms with Gasteiger partial charge in [-0.1, -0.05) is 85.8 Å². The van der Waals surface area contributed by atoms with E-state index in [9.17, 15) is 0 Å². The molecule has 0 aliphatic carbocycles. The van der Waals surface area contributed by atoms with Crippen molar-refractivity contribution in [1.82, 2.24) is 12.4 Å². The predicted molar refractivity (Wildman–Crippen MR) is 124 cm³/mol. The van der Waals surface area contributed by atoms with Crippen LogP contribution in [0, 0.1) is 0 Å². The maximum atomic E-state index is 4.03. The van der Waals surface area contributed by atoms with E-state index in [1.807, 2.05) is 0 Å². The van der Waals surface area contributed by atoms with Crippen molar-refractivity contribution >= 4 is 31.2 Å². The zero-order valence-corrected chi connectivity index (χ0v) is 18.3. The zero-order chi connectivity index (χ0) is 19.0. The van der Waals surface area contributed by atoms with Gasteiger partial charge in [-0.05, 0) is 55.2 Å². The van der Waals surface area contributed by atoms with Crippen LogP contribution in [0.3, 0.4) is 0 Å². The Bertz CT molecular complexity index is 775. The van der Waals surface area contributed by atoms with Crippen LogP contribution in [0.1, 0.15) is 0 Å². The molecule has 0 amide bonds. The molecule has 3 nitrogen and oxygen atoms in total. The molecule has 0 radical (unpaired) electrons. The Morgan fingerprint density at radius 1 is 0.407 bits per heavy atom. The Kier molecular flexibility index (Phi) is 5.05. The predicted octanol–water partition coefficient (Wildman–Crippen LogP) is 5.74. The van der Waals surface area contributed by atoms with Gasteiger partial charge in [-0.15, -0.1) is 0 Å². The van der Waals surface area contributed by atoms with Crippen LogP contribution in [0.15, 0.2) is 106 Å². The molecule has 1 heterocycles. The fourth-order valence-electron chi connectivity index (χ4n) is 3.42. The number of hydrogen-bond acceptors (Lipinski definition) is 3. The van der Waals surface area contributed by atoms with Crippen molar-refractivity contribution in [2.75, 3.05) is 18.8 Å². The molecule has 0 saturated carbocycles. The molecular weight excluding hydrogens is 390 g/mol. The Morgan fingerprint density at radius 3 is 0.852 bits per heavy atom. The van der Waals surface area contributed by atoms with Crippen LogP contribution in [0.2, 0.25) is 0 Å². The van der Waals surface area contributed by atoms with E-state index in [4.69, 9.17) is 0 Å². The summed E-state index contributed by atoms with van der Waals surface area (Å²) in [7, 11) is -4.26. The zero-order valence-electron chi connectivity index (χ0n) is 15.9. The molecule has 3 N–H and O–H groups in total. The van der Waals surface area contributed by atoms with Crippen LogP contribution in [0.5, 0.6) is 0 Å². The van der Waals surface area contributed by atoms with E-state index >= 15 is 0 Å². The lowest BCUT2D eigenvalue weighted by atomic mass is 10.4. The molecule has 1 aliphatic rings. The lowest BCUT2D eigenvalue weighted by Gasteiger charge is -2.62. The van der Waals surface area contributed by atoms with E-state index in [2.05, 4.69) is 122 Å². The Labute approximate surface area is 167 Å². The molecular formula is C21H27N3S3. The number of rotatable bonds is 3. The van der Waals surface area contributed by atoms with E-state index < -0.39 is 31.2 Å². The molecule has 4 rings (SSSR count). The fourth-order valence-corrected chi connectivity index (χ4v) is 17.2. The molecule has 27 heavy (non-hydrogen) atoms. The third kappa shape index (κ3) is 3.66. The molecule has 0 bridgehead atoms. The van der Waals surface area contributed by atoms with Crippen LogP contribution in [0.4, 0.5) is 0 Å². The first-order valence-corrected chi connectivity index (χ1v) is 14.9. The minimum atomic E-state index is -1.42. The molecule has 0 atom stereocenters. The van der Waals surface area contributed by atoms with E-state index in [0.717, 1.165) is 0 Å². The first kappa shape index (κ1) is 18.9. The summed E-state index contributed by atoms with van der Waals surface area (Å²) in [4.78, 5) is 3.99. The molecule has 3 aromatic carbocycles. The van der Waals surface area contributed by atoms with Gasteiger partial charge < -0.3 is 0 Å². The first-order valence-electron chi connectivity index (χ1n) is 8.79. The normalized spacial score (nSPS) is 37.9. The van der Waals surface area contributed by atoms with Crippen LogP contribution < -0.4 is 12.4 Å². The highest BCUT2D eigenvalue weighted by atomic mass is 32.4. The Morgan fingerprint density at radius 2 is 0.630 bits per heavy atom. The average Bonchev–Trinajstić information content (AvgIpc) is 2.69. The van der Waals surface area contributed by atoms with Gasteiger partial charge in [-0.2, -0.15) is 0 Å². The van der Waals surface area contributed by atoms with Gasteiger partial charge in [-0.3, -0.25) is 0 Å². The van der Waals surface area contributed by atoms with Crippen molar-refractivity contribution < 1.29 is 0 Å². The van der Waals surface area contributed by atoms with E-state index in [0.29, 0.717) is 0 Å². The smallest absolute Gasteiger partial charge is 0.0166 e. The number of nitrogens with one attached hydrogen (secondary N) is 3. The summed E-state index contributed by atoms with van der Waals surface area (Å²) in [6.45, 7) is 0. The quantitative estimate of drug-likeness (QED) is 0.508. The van der Waals surface area contributed by atoms with Crippen molar-refractivity contribution in [2.24, 2.45) is 0 Å². The van der Waals surface area contributed by atoms with Gasteiger partial charge >= 0.3 is 0 Å². The second-order valence-corrected chi connectivity index (χ2v) is 15.9. The summed E-state index contributed by atoms with van der Waals surface area (Å²) >= 11 is 0. The Balaban J connectivity index is 1.85. The standard InChI is InChI=1S/C21H27N3S3/c1-25(19-13-7-4-8-14-19)22-26(2,20-15-9-5-10-16-20)24-27(3,23-25)21-17-11-6-12-18-21/h4-18,22-24H,1-3H3. The van der Waals surface area contributed by atoms with Gasteiger partial charge in [0.2, 0.25) is 0 Å². The summed E-state index contributed by atoms with van der Waals surface area (Å²) in [5.74, 6) is 0. The molecule has 144 valence electrons. The van der Waals surface area contributed by atoms with Gasteiger partial charge in [0.15, 0.2) is 0 Å². The van der Waals surface area contributed by atoms with Crippen molar-refractivity contribution in [3.8, 4) is 0 Å². The minimum Gasteiger partial charge on any atom is -0.211 e. The van der Waals surface area contributed by atoms with E-state index in [1.54, 1.807) is 0 Å². The van der Waals surface area contributed by atoms with Crippen LogP contribution in [0.25, 0.3) is 0 Å². The maximum absolute atomic E-state index is 4.03. The lowest BCUT2D eigenvalue weighted by Crippen LogP contribution is -2.50. The maximum Gasteiger partial charge on any atom is 0.0166 e. The van der Waals surface area contributed by atoms with Crippen LogP contribution in [-0.4, -0.2) is 18.8 Å². The van der Waals surface area contributed by atoms with E-state index in [-0.39, 0.29) is 0 Å². The molecule has 1 saturated heterocycles. The molecule has 0 unspecified atom stereocenters. The van der Waals surface area contributed by atoms with Crippen molar-refractivity contribution in [3.63, 3.8) is 0 Å². The molecule has 1 aliphatic heterocycles. The summed E-state index contributed by atoms with van der Waals surface area (Å²) in [5.41, 5.74) is 0. The van der Waals surface area contributed by atoms with Crippen molar-refractivity contribution in [3.05, 3.63) is 91.0 Å². The Hall–Kier alpha value is -1.41. The van der Waals surface area contributed by atoms with Gasteiger partial charge in [0.05, 0.1) is 0 Å². The highest BCUT2D eigenvalue weighted by Gasteiger charge is 2.43. The third-order valence-corrected chi connectivity index (χ3v) is 16.3. The summed E-state index contributed by atoms with van der Waals surface area (Å²) in [5, 5.41) is 0. The number of hydrogen-bond donors (Lipinski definition) is 3. The second-order valence-electron chi connectivity index (χ2n) is 6.94. The minimum absolute atomic E-state index is 1.33. The second kappa shape index (κ2) is 7.20. The van der Waals surface area contributed by atoms with E-state index in [1.165, 1.54) is 14.7 Å². The first-order chi connectivity index (χ1) is 12.9. The summed E-state index contributed by atoms with van der Waals surface area (Å²) < 4.78 is 12.1.